The predicted octanol–water partition coefficient (Wildman–Crippen LogP) is 4.68. The van der Waals surface area contributed by atoms with E-state index in [1.54, 1.807) is 18.2 Å². The maximum atomic E-state index is 13.5. The summed E-state index contributed by atoms with van der Waals surface area (Å²) in [6.45, 7) is 0.189. The molecule has 0 aliphatic heterocycles. The van der Waals surface area contributed by atoms with Crippen LogP contribution in [0.1, 0.15) is 27.2 Å². The van der Waals surface area contributed by atoms with E-state index in [0.717, 1.165) is 17.7 Å². The van der Waals surface area contributed by atoms with E-state index in [1.807, 2.05) is 12.1 Å². The van der Waals surface area contributed by atoms with Gasteiger partial charge < -0.3 is 28.4 Å². The van der Waals surface area contributed by atoms with Gasteiger partial charge in [-0.3, -0.25) is 9.59 Å². The average molecular weight is 549 g/mol. The van der Waals surface area contributed by atoms with Crippen molar-refractivity contribution in [2.45, 2.75) is 19.1 Å². The highest BCUT2D eigenvalue weighted by molar-refractivity contribution is 5.96. The highest BCUT2D eigenvalue weighted by Crippen LogP contribution is 2.30. The molecule has 0 atom stereocenters. The lowest BCUT2D eigenvalue weighted by molar-refractivity contribution is -0.137. The van der Waals surface area contributed by atoms with E-state index in [9.17, 15) is 22.8 Å². The number of rotatable bonds is 13. The molecule has 8 nitrogen and oxygen atoms in total. The van der Waals surface area contributed by atoms with Crippen molar-refractivity contribution < 1.29 is 41.4 Å². The fourth-order valence-corrected chi connectivity index (χ4v) is 3.91. The van der Waals surface area contributed by atoms with Crippen molar-refractivity contribution in [3.8, 4) is 11.5 Å². The fourth-order valence-electron chi connectivity index (χ4n) is 3.91. The van der Waals surface area contributed by atoms with Crippen LogP contribution < -0.4 is 9.47 Å². The predicted molar refractivity (Wildman–Crippen MR) is 137 cm³/mol. The van der Waals surface area contributed by atoms with Crippen molar-refractivity contribution in [3.05, 3.63) is 83.3 Å². The molecule has 0 aliphatic rings. The summed E-state index contributed by atoms with van der Waals surface area (Å²) in [4.78, 5) is 29.4. The average Bonchev–Trinajstić information content (AvgIpc) is 3.45. The van der Waals surface area contributed by atoms with Crippen molar-refractivity contribution in [1.29, 1.82) is 0 Å². The van der Waals surface area contributed by atoms with Gasteiger partial charge in [0.15, 0.2) is 11.5 Å². The van der Waals surface area contributed by atoms with Crippen LogP contribution in [-0.2, 0) is 28.7 Å². The number of benzene rings is 2. The lowest BCUT2D eigenvalue weighted by atomic mass is 10.1. The van der Waals surface area contributed by atoms with E-state index in [2.05, 4.69) is 0 Å². The number of amides is 2. The van der Waals surface area contributed by atoms with Crippen molar-refractivity contribution in [1.82, 2.24) is 9.80 Å². The number of nitrogens with zero attached hydrogens (tertiary/aromatic N) is 2. The van der Waals surface area contributed by atoms with Crippen LogP contribution in [0.15, 0.2) is 65.3 Å². The normalized spacial score (nSPS) is 11.2. The highest BCUT2D eigenvalue weighted by Gasteiger charge is 2.32. The van der Waals surface area contributed by atoms with Crippen LogP contribution in [0.4, 0.5) is 13.2 Å². The topological polar surface area (TPSA) is 81.5 Å². The number of carbonyl (C=O) groups is 2. The third-order valence-electron chi connectivity index (χ3n) is 6.01. The molecule has 0 saturated heterocycles. The van der Waals surface area contributed by atoms with Crippen LogP contribution in [0.25, 0.3) is 0 Å². The number of hydrogen-bond acceptors (Lipinski definition) is 6. The number of ether oxygens (including phenoxy) is 3. The Balaban J connectivity index is 1.80. The molecule has 0 N–H and O–H groups in total. The molecule has 0 radical (unpaired) electrons. The molecule has 210 valence electrons. The summed E-state index contributed by atoms with van der Waals surface area (Å²) >= 11 is 0. The van der Waals surface area contributed by atoms with Crippen LogP contribution in [0.2, 0.25) is 0 Å². The van der Waals surface area contributed by atoms with E-state index < -0.39 is 23.6 Å². The molecule has 0 unspecified atom stereocenters. The third kappa shape index (κ3) is 8.25. The molecule has 2 amide bonds. The zero-order valence-corrected chi connectivity index (χ0v) is 22.0. The molecule has 11 heteroatoms. The van der Waals surface area contributed by atoms with Gasteiger partial charge in [-0.15, -0.1) is 0 Å². The number of halogens is 3. The molecule has 0 bridgehead atoms. The Morgan fingerprint density at radius 2 is 1.67 bits per heavy atom. The molecular formula is C28H31F3N2O6. The SMILES string of the molecule is COCCN(CC(=O)N(CCc1ccc(OC)c(OC)c1)Cc1ccco1)C(=O)c1cccc(C(F)(F)F)c1. The molecule has 0 aliphatic carbocycles. The first kappa shape index (κ1) is 29.6. The number of furan rings is 1. The Morgan fingerprint density at radius 1 is 0.897 bits per heavy atom. The largest absolute Gasteiger partial charge is 0.493 e. The number of methoxy groups -OCH3 is 3. The zero-order chi connectivity index (χ0) is 28.4. The first-order chi connectivity index (χ1) is 18.7. The molecule has 1 heterocycles. The van der Waals surface area contributed by atoms with E-state index >= 15 is 0 Å². The summed E-state index contributed by atoms with van der Waals surface area (Å²) in [5, 5.41) is 0. The van der Waals surface area contributed by atoms with E-state index in [4.69, 9.17) is 18.6 Å². The van der Waals surface area contributed by atoms with Gasteiger partial charge >= 0.3 is 6.18 Å². The van der Waals surface area contributed by atoms with Crippen LogP contribution in [-0.4, -0.2) is 69.2 Å². The van der Waals surface area contributed by atoms with Crippen molar-refractivity contribution in [2.24, 2.45) is 0 Å². The molecule has 0 saturated carbocycles. The minimum Gasteiger partial charge on any atom is -0.493 e. The van der Waals surface area contributed by atoms with Gasteiger partial charge in [0, 0.05) is 25.8 Å². The van der Waals surface area contributed by atoms with E-state index in [1.165, 1.54) is 49.5 Å². The quantitative estimate of drug-likeness (QED) is 0.309. The zero-order valence-electron chi connectivity index (χ0n) is 22.0. The van der Waals surface area contributed by atoms with E-state index in [-0.39, 0.29) is 38.3 Å². The summed E-state index contributed by atoms with van der Waals surface area (Å²) in [6, 6.07) is 13.0. The first-order valence-electron chi connectivity index (χ1n) is 12.1. The highest BCUT2D eigenvalue weighted by atomic mass is 19.4. The Hall–Kier alpha value is -3.99. The smallest absolute Gasteiger partial charge is 0.416 e. The Kier molecular flexibility index (Phi) is 10.4. The number of carbonyl (C=O) groups excluding carboxylic acids is 2. The Labute approximate surface area is 224 Å². The number of alkyl halides is 3. The summed E-state index contributed by atoms with van der Waals surface area (Å²) < 4.78 is 60.8. The second-order valence-electron chi connectivity index (χ2n) is 8.63. The summed E-state index contributed by atoms with van der Waals surface area (Å²) in [6.07, 6.45) is -2.64. The molecule has 3 rings (SSSR count). The van der Waals surface area contributed by atoms with Gasteiger partial charge in [0.25, 0.3) is 5.91 Å². The lowest BCUT2D eigenvalue weighted by Gasteiger charge is -2.27. The Morgan fingerprint density at radius 3 is 2.31 bits per heavy atom. The maximum absolute atomic E-state index is 13.5. The van der Waals surface area contributed by atoms with Gasteiger partial charge in [0.2, 0.25) is 5.91 Å². The first-order valence-corrected chi connectivity index (χ1v) is 12.1. The number of hydrogen-bond donors (Lipinski definition) is 0. The monoisotopic (exact) mass is 548 g/mol. The molecule has 1 aromatic heterocycles. The molecular weight excluding hydrogens is 517 g/mol. The standard InChI is InChI=1S/C28H31F3N2O6/c1-36-15-13-33(27(35)21-6-4-7-22(17-21)28(29,30)31)19-26(34)32(18-23-8-5-14-39-23)12-11-20-9-10-24(37-2)25(16-20)38-3/h4-10,14,16-17H,11-13,15,18-19H2,1-3H3. The summed E-state index contributed by atoms with van der Waals surface area (Å²) in [7, 11) is 4.50. The van der Waals surface area contributed by atoms with Crippen molar-refractivity contribution in [3.63, 3.8) is 0 Å². The minimum atomic E-state index is -4.60. The molecule has 3 aromatic rings. The lowest BCUT2D eigenvalue weighted by Crippen LogP contribution is -2.44. The molecule has 0 spiro atoms. The van der Waals surface area contributed by atoms with Gasteiger partial charge in [-0.2, -0.15) is 13.2 Å². The van der Waals surface area contributed by atoms with E-state index in [0.29, 0.717) is 23.7 Å². The van der Waals surface area contributed by atoms with Crippen LogP contribution in [0.5, 0.6) is 11.5 Å². The molecule has 0 fully saturated rings. The second-order valence-corrected chi connectivity index (χ2v) is 8.63. The van der Waals surface area contributed by atoms with Gasteiger partial charge in [0.05, 0.1) is 39.2 Å². The van der Waals surface area contributed by atoms with Crippen LogP contribution >= 0.6 is 0 Å². The summed E-state index contributed by atoms with van der Waals surface area (Å²) in [5.74, 6) is 0.568. The van der Waals surface area contributed by atoms with Gasteiger partial charge in [-0.1, -0.05) is 12.1 Å². The third-order valence-corrected chi connectivity index (χ3v) is 6.01. The summed E-state index contributed by atoms with van der Waals surface area (Å²) in [5.41, 5.74) is -0.224. The van der Waals surface area contributed by atoms with Gasteiger partial charge in [-0.05, 0) is 54.4 Å². The van der Waals surface area contributed by atoms with Gasteiger partial charge in [0.1, 0.15) is 12.3 Å². The molecule has 39 heavy (non-hydrogen) atoms. The van der Waals surface area contributed by atoms with Crippen LogP contribution in [0, 0.1) is 0 Å². The van der Waals surface area contributed by atoms with Gasteiger partial charge in [-0.25, -0.2) is 0 Å². The second kappa shape index (κ2) is 13.7. The minimum absolute atomic E-state index is 0.0155. The Bertz CT molecular complexity index is 1230. The molecule has 2 aromatic carbocycles. The van der Waals surface area contributed by atoms with Crippen molar-refractivity contribution in [2.75, 3.05) is 47.6 Å². The fraction of sp³-hybridized carbons (Fsp3) is 0.357. The van der Waals surface area contributed by atoms with Crippen molar-refractivity contribution >= 4 is 11.8 Å². The van der Waals surface area contributed by atoms with Crippen LogP contribution in [0.3, 0.4) is 0 Å². The maximum Gasteiger partial charge on any atom is 0.416 e.